The van der Waals surface area contributed by atoms with Crippen molar-refractivity contribution in [3.63, 3.8) is 0 Å². The zero-order chi connectivity index (χ0) is 23.9. The Morgan fingerprint density at radius 1 is 1.06 bits per heavy atom. The summed E-state index contributed by atoms with van der Waals surface area (Å²) < 4.78 is 3.06. The van der Waals surface area contributed by atoms with Gasteiger partial charge in [-0.05, 0) is 69.2 Å². The molecule has 1 fully saturated rings. The van der Waals surface area contributed by atoms with E-state index in [0.29, 0.717) is 6.54 Å². The molecular weight excluding hydrogens is 454 g/mol. The lowest BCUT2D eigenvalue weighted by Crippen LogP contribution is -2.44. The third kappa shape index (κ3) is 4.22. The van der Waals surface area contributed by atoms with Crippen molar-refractivity contribution in [2.75, 3.05) is 18.0 Å². The van der Waals surface area contributed by atoms with Crippen LogP contribution in [0.4, 0.5) is 5.13 Å². The number of rotatable bonds is 4. The number of piperidine rings is 1. The van der Waals surface area contributed by atoms with Gasteiger partial charge in [0.2, 0.25) is 5.91 Å². The van der Waals surface area contributed by atoms with Crippen LogP contribution in [0.15, 0.2) is 48.5 Å². The fourth-order valence-corrected chi connectivity index (χ4v) is 6.50. The Bertz CT molecular complexity index is 1370. The first kappa shape index (κ1) is 22.3. The number of aryl methyl sites for hydroxylation is 3. The number of carbonyl (C=O) groups excluding carboxylic acids is 1. The second kappa shape index (κ2) is 9.11. The van der Waals surface area contributed by atoms with E-state index in [9.17, 15) is 4.79 Å². The van der Waals surface area contributed by atoms with E-state index >= 15 is 0 Å². The molecule has 1 aliphatic carbocycles. The molecule has 2 aromatic heterocycles. The van der Waals surface area contributed by atoms with Crippen molar-refractivity contribution in [1.29, 1.82) is 0 Å². The van der Waals surface area contributed by atoms with Crippen molar-refractivity contribution in [3.8, 4) is 5.69 Å². The molecule has 35 heavy (non-hydrogen) atoms. The monoisotopic (exact) mass is 485 g/mol. The van der Waals surface area contributed by atoms with Gasteiger partial charge in [-0.25, -0.2) is 4.68 Å². The molecule has 6 rings (SSSR count). The average molecular weight is 486 g/mol. The molecule has 0 spiro atoms. The second-order valence-electron chi connectivity index (χ2n) is 9.92. The van der Waals surface area contributed by atoms with E-state index in [0.717, 1.165) is 65.5 Å². The lowest BCUT2D eigenvalue weighted by Gasteiger charge is -2.33. The summed E-state index contributed by atoms with van der Waals surface area (Å²) in [6.07, 6.45) is 5.18. The van der Waals surface area contributed by atoms with Crippen LogP contribution in [0.25, 0.3) is 16.0 Å². The Kier molecular flexibility index (Phi) is 5.80. The molecule has 4 aromatic rings. The predicted octanol–water partition coefficient (Wildman–Crippen LogP) is 5.51. The van der Waals surface area contributed by atoms with Crippen molar-refractivity contribution in [2.45, 2.75) is 52.0 Å². The van der Waals surface area contributed by atoms with Gasteiger partial charge >= 0.3 is 0 Å². The average Bonchev–Trinajstić information content (AvgIpc) is 3.45. The molecule has 1 saturated heterocycles. The highest BCUT2D eigenvalue weighted by molar-refractivity contribution is 7.22. The van der Waals surface area contributed by atoms with E-state index in [4.69, 9.17) is 10.1 Å². The van der Waals surface area contributed by atoms with Gasteiger partial charge in [0.05, 0.1) is 28.0 Å². The first-order valence-corrected chi connectivity index (χ1v) is 13.4. The fraction of sp³-hybridized carbons (Fsp3) is 0.393. The largest absolute Gasteiger partial charge is 0.349 e. The number of aromatic nitrogens is 3. The minimum absolute atomic E-state index is 0.0143. The summed E-state index contributed by atoms with van der Waals surface area (Å²) in [6, 6.07) is 17.1. The molecule has 2 aliphatic rings. The van der Waals surface area contributed by atoms with Crippen LogP contribution in [0.5, 0.6) is 0 Å². The van der Waals surface area contributed by atoms with Crippen LogP contribution in [-0.2, 0) is 11.2 Å². The zero-order valence-corrected chi connectivity index (χ0v) is 21.1. The normalized spacial score (nSPS) is 20.1. The molecule has 1 aliphatic heterocycles. The first-order valence-electron chi connectivity index (χ1n) is 12.6. The smallest absolute Gasteiger partial charge is 0.225 e. The molecule has 1 N–H and O–H groups in total. The number of amides is 1. The number of hydrogen-bond acceptors (Lipinski definition) is 5. The molecule has 0 saturated carbocycles. The van der Waals surface area contributed by atoms with E-state index in [1.54, 1.807) is 11.3 Å². The number of anilines is 1. The standard InChI is InChI=1S/C28H31N5OS/c1-18-12-14-22(15-13-18)33-26-25(19(2)31-33)35-28(30-26)32-16-6-9-21(17-32)27(34)29-24-11-5-8-20-7-3-4-10-23(20)24/h3-4,7,10,12-15,21,24H,5-6,8-9,11,16-17H2,1-2H3,(H,29,34)/t21-,24+/m0/s1. The molecule has 0 bridgehead atoms. The Labute approximate surface area is 210 Å². The van der Waals surface area contributed by atoms with Crippen LogP contribution in [0.3, 0.4) is 0 Å². The van der Waals surface area contributed by atoms with Crippen LogP contribution in [0.2, 0.25) is 0 Å². The van der Waals surface area contributed by atoms with E-state index in [1.807, 2.05) is 11.6 Å². The maximum Gasteiger partial charge on any atom is 0.225 e. The summed E-state index contributed by atoms with van der Waals surface area (Å²) >= 11 is 1.69. The Balaban J connectivity index is 1.21. The first-order chi connectivity index (χ1) is 17.1. The van der Waals surface area contributed by atoms with Gasteiger partial charge < -0.3 is 10.2 Å². The highest BCUT2D eigenvalue weighted by Gasteiger charge is 2.30. The Hall–Kier alpha value is -3.19. The van der Waals surface area contributed by atoms with E-state index in [2.05, 4.69) is 65.7 Å². The summed E-state index contributed by atoms with van der Waals surface area (Å²) in [4.78, 5) is 20.6. The van der Waals surface area contributed by atoms with Crippen molar-refractivity contribution < 1.29 is 4.79 Å². The molecule has 0 radical (unpaired) electrons. The minimum atomic E-state index is -0.0143. The number of hydrogen-bond donors (Lipinski definition) is 1. The van der Waals surface area contributed by atoms with Crippen LogP contribution < -0.4 is 10.2 Å². The second-order valence-corrected chi connectivity index (χ2v) is 10.9. The number of nitrogens with zero attached hydrogens (tertiary/aromatic N) is 4. The summed E-state index contributed by atoms with van der Waals surface area (Å²) in [5.41, 5.74) is 6.81. The molecule has 2 aromatic carbocycles. The van der Waals surface area contributed by atoms with Gasteiger partial charge in [0, 0.05) is 13.1 Å². The highest BCUT2D eigenvalue weighted by Crippen LogP contribution is 2.35. The van der Waals surface area contributed by atoms with Crippen LogP contribution in [0.1, 0.15) is 54.1 Å². The summed E-state index contributed by atoms with van der Waals surface area (Å²) in [7, 11) is 0. The molecule has 0 unspecified atom stereocenters. The van der Waals surface area contributed by atoms with Gasteiger partial charge in [-0.15, -0.1) is 0 Å². The van der Waals surface area contributed by atoms with Gasteiger partial charge in [-0.3, -0.25) is 4.79 Å². The molecule has 2 atom stereocenters. The summed E-state index contributed by atoms with van der Waals surface area (Å²) in [5.74, 6) is 0.166. The fourth-order valence-electron chi connectivity index (χ4n) is 5.48. The highest BCUT2D eigenvalue weighted by atomic mass is 32.1. The van der Waals surface area contributed by atoms with Crippen LogP contribution in [-0.4, -0.2) is 33.8 Å². The van der Waals surface area contributed by atoms with Gasteiger partial charge in [-0.2, -0.15) is 10.1 Å². The van der Waals surface area contributed by atoms with E-state index in [-0.39, 0.29) is 17.9 Å². The van der Waals surface area contributed by atoms with Crippen LogP contribution >= 0.6 is 11.3 Å². The van der Waals surface area contributed by atoms with Crippen molar-refractivity contribution in [2.24, 2.45) is 5.92 Å². The zero-order valence-electron chi connectivity index (χ0n) is 20.3. The molecule has 180 valence electrons. The topological polar surface area (TPSA) is 63.1 Å². The van der Waals surface area contributed by atoms with Crippen molar-refractivity contribution in [1.82, 2.24) is 20.1 Å². The quantitative estimate of drug-likeness (QED) is 0.414. The summed E-state index contributed by atoms with van der Waals surface area (Å²) in [6.45, 7) is 5.78. The predicted molar refractivity (Wildman–Crippen MR) is 141 cm³/mol. The van der Waals surface area contributed by atoms with E-state index in [1.165, 1.54) is 16.7 Å². The third-order valence-corrected chi connectivity index (χ3v) is 8.62. The SMILES string of the molecule is Cc1ccc(-n2nc(C)c3sc(N4CCC[C@H](C(=O)N[C@@H]5CCCc6ccccc65)C4)nc32)cc1. The van der Waals surface area contributed by atoms with E-state index < -0.39 is 0 Å². The Morgan fingerprint density at radius 2 is 1.89 bits per heavy atom. The lowest BCUT2D eigenvalue weighted by molar-refractivity contribution is -0.126. The van der Waals surface area contributed by atoms with Gasteiger partial charge in [0.1, 0.15) is 0 Å². The minimum Gasteiger partial charge on any atom is -0.349 e. The number of fused-ring (bicyclic) bond motifs is 2. The van der Waals surface area contributed by atoms with Crippen molar-refractivity contribution >= 4 is 32.7 Å². The Morgan fingerprint density at radius 3 is 2.74 bits per heavy atom. The van der Waals surface area contributed by atoms with Gasteiger partial charge in [0.15, 0.2) is 10.8 Å². The molecular formula is C28H31N5OS. The summed E-state index contributed by atoms with van der Waals surface area (Å²) in [5, 5.41) is 9.12. The number of nitrogens with one attached hydrogen (secondary N) is 1. The maximum atomic E-state index is 13.3. The van der Waals surface area contributed by atoms with Crippen LogP contribution in [0, 0.1) is 19.8 Å². The van der Waals surface area contributed by atoms with Gasteiger partial charge in [0.25, 0.3) is 0 Å². The molecule has 6 nitrogen and oxygen atoms in total. The molecule has 7 heteroatoms. The third-order valence-electron chi connectivity index (χ3n) is 7.40. The molecule has 3 heterocycles. The van der Waals surface area contributed by atoms with Gasteiger partial charge in [-0.1, -0.05) is 53.3 Å². The number of benzene rings is 2. The molecule has 1 amide bonds. The number of thiazole rings is 1. The number of carbonyl (C=O) groups is 1. The lowest BCUT2D eigenvalue weighted by atomic mass is 9.87. The maximum absolute atomic E-state index is 13.3. The van der Waals surface area contributed by atoms with Crippen molar-refractivity contribution in [3.05, 3.63) is 70.9 Å².